The number of allylic oxidation sites excluding steroid dienone is 1. The molecular weight excluding hydrogens is 521 g/mol. The van der Waals surface area contributed by atoms with Crippen LogP contribution in [0.25, 0.3) is 0 Å². The number of esters is 1. The van der Waals surface area contributed by atoms with Gasteiger partial charge in [-0.3, -0.25) is 9.69 Å². The van der Waals surface area contributed by atoms with E-state index in [-0.39, 0.29) is 18.6 Å². The van der Waals surface area contributed by atoms with Gasteiger partial charge in [-0.05, 0) is 68.8 Å². The van der Waals surface area contributed by atoms with E-state index in [1.807, 2.05) is 29.2 Å². The van der Waals surface area contributed by atoms with E-state index in [1.165, 1.54) is 5.56 Å². The molecule has 0 N–H and O–H groups in total. The van der Waals surface area contributed by atoms with Crippen molar-refractivity contribution in [2.75, 3.05) is 55.9 Å². The Labute approximate surface area is 236 Å². The van der Waals surface area contributed by atoms with Crippen LogP contribution < -0.4 is 14.5 Å². The zero-order valence-corrected chi connectivity index (χ0v) is 23.5. The molecule has 0 bridgehead atoms. The lowest BCUT2D eigenvalue weighted by Gasteiger charge is -2.36. The third-order valence-electron chi connectivity index (χ3n) is 7.97. The van der Waals surface area contributed by atoms with E-state index in [9.17, 15) is 4.79 Å². The summed E-state index contributed by atoms with van der Waals surface area (Å²) < 4.78 is 11.7. The normalized spacial score (nSPS) is 18.2. The SMILES string of the molecule is C=C1CCc2ccc(OCCCCN3CCN(c4cccc(Cl)c4Cl)CC3)cc2N1COC(=O)C1CCC1. The second-order valence-corrected chi connectivity index (χ2v) is 11.2. The number of halogens is 2. The van der Waals surface area contributed by atoms with Gasteiger partial charge in [-0.2, -0.15) is 0 Å². The fourth-order valence-corrected chi connectivity index (χ4v) is 5.72. The zero-order valence-electron chi connectivity index (χ0n) is 22.0. The molecule has 0 aromatic heterocycles. The minimum absolute atomic E-state index is 0.0764. The first-order valence-electron chi connectivity index (χ1n) is 13.8. The quantitative estimate of drug-likeness (QED) is 0.244. The number of benzene rings is 2. The van der Waals surface area contributed by atoms with Crippen LogP contribution in [0.3, 0.4) is 0 Å². The summed E-state index contributed by atoms with van der Waals surface area (Å²) in [4.78, 5) is 19.1. The van der Waals surface area contributed by atoms with Crippen molar-refractivity contribution in [3.05, 3.63) is 64.3 Å². The van der Waals surface area contributed by atoms with Gasteiger partial charge >= 0.3 is 5.97 Å². The zero-order chi connectivity index (χ0) is 26.5. The smallest absolute Gasteiger partial charge is 0.310 e. The minimum Gasteiger partial charge on any atom is -0.494 e. The molecule has 0 atom stereocenters. The van der Waals surface area contributed by atoms with Gasteiger partial charge in [0.1, 0.15) is 5.75 Å². The molecule has 3 aliphatic rings. The van der Waals surface area contributed by atoms with Crippen LogP contribution >= 0.6 is 23.2 Å². The lowest BCUT2D eigenvalue weighted by atomic mass is 9.86. The van der Waals surface area contributed by atoms with Gasteiger partial charge in [0.15, 0.2) is 6.73 Å². The molecule has 5 rings (SSSR count). The summed E-state index contributed by atoms with van der Waals surface area (Å²) in [6.07, 6.45) is 6.91. The van der Waals surface area contributed by atoms with Gasteiger partial charge in [-0.25, -0.2) is 0 Å². The fourth-order valence-electron chi connectivity index (χ4n) is 5.31. The molecule has 1 aliphatic carbocycles. The second-order valence-electron chi connectivity index (χ2n) is 10.5. The van der Waals surface area contributed by atoms with Crippen LogP contribution in [0.1, 0.15) is 44.1 Å². The Balaban J connectivity index is 1.05. The molecule has 6 nitrogen and oxygen atoms in total. The summed E-state index contributed by atoms with van der Waals surface area (Å²) in [6.45, 7) is 10.1. The van der Waals surface area contributed by atoms with E-state index in [4.69, 9.17) is 32.7 Å². The number of anilines is 2. The Kier molecular flexibility index (Phi) is 9.03. The highest BCUT2D eigenvalue weighted by molar-refractivity contribution is 6.43. The Hall–Kier alpha value is -2.41. The number of unbranched alkanes of at least 4 members (excludes halogenated alkanes) is 1. The molecule has 2 aliphatic heterocycles. The van der Waals surface area contributed by atoms with Crippen molar-refractivity contribution in [2.24, 2.45) is 5.92 Å². The molecule has 2 fully saturated rings. The van der Waals surface area contributed by atoms with E-state index in [0.717, 1.165) is 100 Å². The molecule has 204 valence electrons. The number of aryl methyl sites for hydroxylation is 1. The summed E-state index contributed by atoms with van der Waals surface area (Å²) in [6, 6.07) is 12.1. The van der Waals surface area contributed by atoms with Crippen LogP contribution in [-0.4, -0.2) is 56.9 Å². The summed E-state index contributed by atoms with van der Waals surface area (Å²) in [5, 5.41) is 1.25. The third kappa shape index (κ3) is 6.41. The molecule has 0 amide bonds. The minimum atomic E-state index is -0.0850. The molecular formula is C30H37Cl2N3O3. The van der Waals surface area contributed by atoms with Gasteiger partial charge in [0.2, 0.25) is 0 Å². The summed E-state index contributed by atoms with van der Waals surface area (Å²) in [5.41, 5.74) is 4.28. The van der Waals surface area contributed by atoms with Crippen LogP contribution in [-0.2, 0) is 16.0 Å². The topological polar surface area (TPSA) is 45.2 Å². The van der Waals surface area contributed by atoms with E-state index >= 15 is 0 Å². The summed E-state index contributed by atoms with van der Waals surface area (Å²) in [5.74, 6) is 0.839. The van der Waals surface area contributed by atoms with Crippen molar-refractivity contribution in [1.82, 2.24) is 4.90 Å². The number of carbonyl (C=O) groups excluding carboxylic acids is 1. The third-order valence-corrected chi connectivity index (χ3v) is 8.78. The second kappa shape index (κ2) is 12.6. The molecule has 1 saturated carbocycles. The predicted molar refractivity (Wildman–Crippen MR) is 155 cm³/mol. The Morgan fingerprint density at radius 3 is 2.58 bits per heavy atom. The molecule has 38 heavy (non-hydrogen) atoms. The maximum absolute atomic E-state index is 12.3. The maximum Gasteiger partial charge on any atom is 0.310 e. The number of hydrogen-bond donors (Lipinski definition) is 0. The Morgan fingerprint density at radius 1 is 1.00 bits per heavy atom. The Bertz CT molecular complexity index is 1150. The number of fused-ring (bicyclic) bond motifs is 1. The molecule has 0 spiro atoms. The molecule has 2 aromatic carbocycles. The molecule has 2 aromatic rings. The number of ether oxygens (including phenoxy) is 2. The first-order valence-corrected chi connectivity index (χ1v) is 14.5. The average molecular weight is 559 g/mol. The molecule has 8 heteroatoms. The lowest BCUT2D eigenvalue weighted by Crippen LogP contribution is -2.46. The van der Waals surface area contributed by atoms with E-state index in [2.05, 4.69) is 28.5 Å². The van der Waals surface area contributed by atoms with Crippen molar-refractivity contribution in [3.63, 3.8) is 0 Å². The summed E-state index contributed by atoms with van der Waals surface area (Å²) in [7, 11) is 0. The highest BCUT2D eigenvalue weighted by Gasteiger charge is 2.28. The van der Waals surface area contributed by atoms with E-state index < -0.39 is 0 Å². The van der Waals surface area contributed by atoms with Gasteiger partial charge in [0.25, 0.3) is 0 Å². The van der Waals surface area contributed by atoms with Gasteiger partial charge in [-0.1, -0.05) is 48.3 Å². The van der Waals surface area contributed by atoms with Crippen molar-refractivity contribution in [2.45, 2.75) is 44.9 Å². The Morgan fingerprint density at radius 2 is 1.82 bits per heavy atom. The number of nitrogens with zero attached hydrogens (tertiary/aromatic N) is 3. The largest absolute Gasteiger partial charge is 0.494 e. The van der Waals surface area contributed by atoms with Gasteiger partial charge in [-0.15, -0.1) is 0 Å². The lowest BCUT2D eigenvalue weighted by molar-refractivity contribution is -0.151. The number of piperazine rings is 1. The van der Waals surface area contributed by atoms with Crippen LogP contribution in [0.2, 0.25) is 10.0 Å². The monoisotopic (exact) mass is 557 g/mol. The number of hydrogen-bond acceptors (Lipinski definition) is 6. The van der Waals surface area contributed by atoms with Crippen molar-refractivity contribution < 1.29 is 14.3 Å². The van der Waals surface area contributed by atoms with Crippen LogP contribution in [0.5, 0.6) is 5.75 Å². The molecule has 1 saturated heterocycles. The van der Waals surface area contributed by atoms with Gasteiger partial charge in [0.05, 0.1) is 33.9 Å². The predicted octanol–water partition coefficient (Wildman–Crippen LogP) is 6.54. The van der Waals surface area contributed by atoms with E-state index in [0.29, 0.717) is 16.7 Å². The van der Waals surface area contributed by atoms with Crippen molar-refractivity contribution in [1.29, 1.82) is 0 Å². The standard InChI is InChI=1S/C30H37Cl2N3O3/c1-22-10-11-23-12-13-25(20-28(23)35(22)21-38-30(36)24-6-4-7-24)37-19-3-2-14-33-15-17-34(18-16-33)27-9-5-8-26(31)29(27)32/h5,8-9,12-13,20,24H,1-4,6-7,10-11,14-19,21H2. The average Bonchev–Trinajstić information content (AvgIpc) is 2.89. The highest BCUT2D eigenvalue weighted by atomic mass is 35.5. The van der Waals surface area contributed by atoms with Crippen molar-refractivity contribution in [3.8, 4) is 5.75 Å². The van der Waals surface area contributed by atoms with Crippen molar-refractivity contribution >= 4 is 40.5 Å². The highest BCUT2D eigenvalue weighted by Crippen LogP contribution is 2.36. The first kappa shape index (κ1) is 27.2. The van der Waals surface area contributed by atoms with Gasteiger partial charge in [0, 0.05) is 37.9 Å². The molecule has 2 heterocycles. The molecule has 0 radical (unpaired) electrons. The first-order chi connectivity index (χ1) is 18.5. The van der Waals surface area contributed by atoms with Crippen LogP contribution in [0, 0.1) is 5.92 Å². The summed E-state index contributed by atoms with van der Waals surface area (Å²) >= 11 is 12.6. The van der Waals surface area contributed by atoms with Crippen LogP contribution in [0.15, 0.2) is 48.7 Å². The maximum atomic E-state index is 12.3. The number of carbonyl (C=O) groups is 1. The van der Waals surface area contributed by atoms with Gasteiger partial charge < -0.3 is 19.3 Å². The van der Waals surface area contributed by atoms with E-state index in [1.54, 1.807) is 0 Å². The number of rotatable bonds is 10. The fraction of sp³-hybridized carbons (Fsp3) is 0.500. The molecule has 0 unspecified atom stereocenters. The van der Waals surface area contributed by atoms with Crippen LogP contribution in [0.4, 0.5) is 11.4 Å².